The summed E-state index contributed by atoms with van der Waals surface area (Å²) in [7, 11) is 0. The van der Waals surface area contributed by atoms with E-state index in [1.54, 1.807) is 12.1 Å². The normalized spacial score (nSPS) is 15.3. The number of alkyl halides is 19. The van der Waals surface area contributed by atoms with E-state index in [4.69, 9.17) is 18.9 Å². The Hall–Kier alpha value is -5.12. The van der Waals surface area contributed by atoms with Crippen LogP contribution >= 0.6 is 0 Å². The zero-order chi connectivity index (χ0) is 50.5. The second-order valence-corrected chi connectivity index (χ2v) is 15.0. The third-order valence-electron chi connectivity index (χ3n) is 10.1. The average Bonchev–Trinajstić information content (AvgIpc) is 3.23. The minimum atomic E-state index is -9.03. The monoisotopic (exact) mass is 996 g/mol. The maximum Gasteiger partial charge on any atom is 0.471 e. The SMILES string of the molecule is CCC1(COCCCCCCOc2ccc(C(=O)Oc3ccc(C#Cc4ccc(OC(F)(F)C(F)(F)C(F)(F)C(F)(F)C(F)(F)C(F)(F)C(F)(F)C(F)(F)C(F)(F)F)cc4)cc3)cc2)COC1. The Labute approximate surface area is 367 Å². The maximum atomic E-state index is 14.3. The van der Waals surface area contributed by atoms with Gasteiger partial charge in [0.25, 0.3) is 0 Å². The first-order valence-corrected chi connectivity index (χ1v) is 19.3. The second kappa shape index (κ2) is 19.8. The summed E-state index contributed by atoms with van der Waals surface area (Å²) >= 11 is 0. The molecule has 3 aromatic carbocycles. The van der Waals surface area contributed by atoms with Crippen LogP contribution in [0.4, 0.5) is 83.4 Å². The van der Waals surface area contributed by atoms with Crippen molar-refractivity contribution in [3.8, 4) is 29.1 Å². The third-order valence-corrected chi connectivity index (χ3v) is 10.1. The molecule has 0 amide bonds. The molecule has 0 N–H and O–H groups in total. The summed E-state index contributed by atoms with van der Waals surface area (Å²) in [5.41, 5.74) is 0.299. The largest absolute Gasteiger partial charge is 0.494 e. The van der Waals surface area contributed by atoms with E-state index in [0.717, 1.165) is 45.3 Å². The van der Waals surface area contributed by atoms with Crippen LogP contribution < -0.4 is 14.2 Å². The van der Waals surface area contributed by atoms with Crippen molar-refractivity contribution in [2.24, 2.45) is 5.41 Å². The van der Waals surface area contributed by atoms with Crippen molar-refractivity contribution in [2.45, 2.75) is 92.8 Å². The van der Waals surface area contributed by atoms with Crippen molar-refractivity contribution in [1.29, 1.82) is 0 Å². The van der Waals surface area contributed by atoms with E-state index < -0.39 is 65.5 Å². The van der Waals surface area contributed by atoms with Gasteiger partial charge >= 0.3 is 59.7 Å². The van der Waals surface area contributed by atoms with Gasteiger partial charge in [-0.1, -0.05) is 25.2 Å². The van der Waals surface area contributed by atoms with E-state index in [9.17, 15) is 88.2 Å². The van der Waals surface area contributed by atoms with Crippen LogP contribution in [0.2, 0.25) is 0 Å². The molecule has 0 bridgehead atoms. The van der Waals surface area contributed by atoms with E-state index in [1.165, 1.54) is 36.4 Å². The molecule has 0 saturated carbocycles. The smallest absolute Gasteiger partial charge is 0.471 e. The van der Waals surface area contributed by atoms with Gasteiger partial charge in [-0.15, -0.1) is 0 Å². The second-order valence-electron chi connectivity index (χ2n) is 15.0. The number of ether oxygens (including phenoxy) is 5. The Balaban J connectivity index is 1.29. The van der Waals surface area contributed by atoms with Crippen LogP contribution in [0.3, 0.4) is 0 Å². The van der Waals surface area contributed by atoms with Gasteiger partial charge in [0.1, 0.15) is 17.2 Å². The van der Waals surface area contributed by atoms with Gasteiger partial charge in [-0.2, -0.15) is 83.4 Å². The van der Waals surface area contributed by atoms with E-state index in [2.05, 4.69) is 23.5 Å². The van der Waals surface area contributed by atoms with Crippen LogP contribution in [-0.4, -0.2) is 92.7 Å². The number of unbranched alkanes of at least 4 members (excludes halogenated alkanes) is 3. The van der Waals surface area contributed by atoms with Crippen molar-refractivity contribution < 1.29 is 112 Å². The Morgan fingerprint density at radius 1 is 0.537 bits per heavy atom. The van der Waals surface area contributed by atoms with Crippen molar-refractivity contribution in [3.63, 3.8) is 0 Å². The topological polar surface area (TPSA) is 63.2 Å². The number of carbonyl (C=O) groups excluding carboxylic acids is 1. The average molecular weight is 997 g/mol. The Bertz CT molecular complexity index is 2170. The molecule has 0 radical (unpaired) electrons. The molecule has 1 aliphatic heterocycles. The highest BCUT2D eigenvalue weighted by atomic mass is 19.4. The van der Waals surface area contributed by atoms with Crippen molar-refractivity contribution >= 4 is 5.97 Å². The van der Waals surface area contributed by atoms with Gasteiger partial charge in [0.15, 0.2) is 0 Å². The maximum absolute atomic E-state index is 14.3. The molecule has 0 unspecified atom stereocenters. The number of benzene rings is 3. The fourth-order valence-electron chi connectivity index (χ4n) is 5.69. The molecule has 1 fully saturated rings. The molecule has 1 aliphatic rings. The summed E-state index contributed by atoms with van der Waals surface area (Å²) in [6.07, 6.45) is -10.5. The highest BCUT2D eigenvalue weighted by molar-refractivity contribution is 5.91. The zero-order valence-electron chi connectivity index (χ0n) is 34.1. The Kier molecular flexibility index (Phi) is 16.1. The molecule has 0 spiro atoms. The highest BCUT2D eigenvalue weighted by Gasteiger charge is 2.97. The Morgan fingerprint density at radius 3 is 1.39 bits per heavy atom. The lowest BCUT2D eigenvalue weighted by atomic mass is 9.84. The molecule has 0 atom stereocenters. The lowest BCUT2D eigenvalue weighted by molar-refractivity contribution is -0.476. The van der Waals surface area contributed by atoms with Gasteiger partial charge in [-0.25, -0.2) is 4.79 Å². The first-order chi connectivity index (χ1) is 30.7. The van der Waals surface area contributed by atoms with Gasteiger partial charge in [0.05, 0.1) is 32.0 Å². The van der Waals surface area contributed by atoms with Crippen molar-refractivity contribution in [2.75, 3.05) is 33.0 Å². The third kappa shape index (κ3) is 10.9. The molecule has 1 saturated heterocycles. The number of hydrogen-bond acceptors (Lipinski definition) is 6. The summed E-state index contributed by atoms with van der Waals surface area (Å²) in [5, 5.41) is 0. The van der Waals surface area contributed by atoms with Crippen LogP contribution in [0.15, 0.2) is 72.8 Å². The van der Waals surface area contributed by atoms with Crippen LogP contribution in [0, 0.1) is 17.3 Å². The van der Waals surface area contributed by atoms with E-state index in [-0.39, 0.29) is 40.0 Å². The molecule has 1 heterocycles. The molecular formula is C42H35F19O6. The fourth-order valence-corrected chi connectivity index (χ4v) is 5.69. The molecule has 25 heteroatoms. The predicted molar refractivity (Wildman–Crippen MR) is 195 cm³/mol. The lowest BCUT2D eigenvalue weighted by Crippen LogP contribution is -2.76. The summed E-state index contributed by atoms with van der Waals surface area (Å²) in [5.74, 6) is -57.9. The van der Waals surface area contributed by atoms with E-state index >= 15 is 0 Å². The minimum absolute atomic E-state index is 0.0455. The van der Waals surface area contributed by atoms with E-state index in [1.807, 2.05) is 0 Å². The fraction of sp³-hybridized carbons (Fsp3) is 0.500. The van der Waals surface area contributed by atoms with Crippen molar-refractivity contribution in [1.82, 2.24) is 0 Å². The van der Waals surface area contributed by atoms with Crippen LogP contribution in [0.25, 0.3) is 0 Å². The number of carbonyl (C=O) groups is 1. The zero-order valence-corrected chi connectivity index (χ0v) is 34.1. The van der Waals surface area contributed by atoms with Gasteiger partial charge in [0, 0.05) is 23.1 Å². The van der Waals surface area contributed by atoms with Gasteiger partial charge in [-0.05, 0) is 98.5 Å². The molecule has 3 aromatic rings. The molecule has 0 aromatic heterocycles. The van der Waals surface area contributed by atoms with E-state index in [0.29, 0.717) is 37.7 Å². The Morgan fingerprint density at radius 2 is 0.955 bits per heavy atom. The predicted octanol–water partition coefficient (Wildman–Crippen LogP) is 12.7. The van der Waals surface area contributed by atoms with Crippen molar-refractivity contribution in [3.05, 3.63) is 89.5 Å². The number of hydrogen-bond donors (Lipinski definition) is 0. The van der Waals surface area contributed by atoms with Crippen LogP contribution in [0.5, 0.6) is 17.2 Å². The van der Waals surface area contributed by atoms with Gasteiger partial charge < -0.3 is 23.7 Å². The lowest BCUT2D eigenvalue weighted by Gasteiger charge is -2.43. The van der Waals surface area contributed by atoms with Crippen LogP contribution in [-0.2, 0) is 9.47 Å². The minimum Gasteiger partial charge on any atom is -0.494 e. The molecule has 0 aliphatic carbocycles. The summed E-state index contributed by atoms with van der Waals surface area (Å²) in [4.78, 5) is 12.6. The molecular weight excluding hydrogens is 961 g/mol. The molecule has 372 valence electrons. The molecule has 67 heavy (non-hydrogen) atoms. The number of halogens is 19. The van der Waals surface area contributed by atoms with Gasteiger partial charge in [0.2, 0.25) is 0 Å². The summed E-state index contributed by atoms with van der Waals surface area (Å²) in [6.45, 7) is 5.39. The first-order valence-electron chi connectivity index (χ1n) is 19.3. The standard InChI is InChI=1S/C42H35F19O6/c1-2-33(24-64-25-33)23-63-21-5-3-4-6-22-65-29-19-13-28(14-20-29)32(62)66-30-15-9-26(10-16-30)7-8-27-11-17-31(18-12-27)67-42(60,61)40(55,56)38(51,52)36(47,48)34(43,44)35(45,46)37(49,50)39(53,54)41(57,58)59/h9-20H,2-6,21-25H2,1H3. The quantitative estimate of drug-likeness (QED) is 0.0329. The number of esters is 1. The summed E-state index contributed by atoms with van der Waals surface area (Å²) < 4.78 is 284. The highest BCUT2D eigenvalue weighted by Crippen LogP contribution is 2.65. The number of rotatable bonds is 22. The molecule has 4 rings (SSSR count). The summed E-state index contributed by atoms with van der Waals surface area (Å²) in [6, 6.07) is 13.1. The molecule has 6 nitrogen and oxygen atoms in total. The van der Waals surface area contributed by atoms with Gasteiger partial charge in [-0.3, -0.25) is 0 Å². The first kappa shape index (κ1) is 54.5. The van der Waals surface area contributed by atoms with Crippen LogP contribution in [0.1, 0.15) is 60.5 Å².